The zero-order valence-corrected chi connectivity index (χ0v) is 19.0. The van der Waals surface area contributed by atoms with Crippen molar-refractivity contribution in [1.82, 2.24) is 4.90 Å². The Balaban J connectivity index is 0.000000193. The maximum atomic E-state index is 12.5. The summed E-state index contributed by atoms with van der Waals surface area (Å²) in [6.07, 6.45) is 4.76. The highest BCUT2D eigenvalue weighted by Gasteiger charge is 2.42. The lowest BCUT2D eigenvalue weighted by Gasteiger charge is -2.44. The number of hydrogen-bond donors (Lipinski definition) is 1. The molecule has 164 valence electrons. The Morgan fingerprint density at radius 2 is 1.84 bits per heavy atom. The number of aliphatic imine (C=N–C) groups is 1. The van der Waals surface area contributed by atoms with Gasteiger partial charge in [-0.25, -0.2) is 0 Å². The summed E-state index contributed by atoms with van der Waals surface area (Å²) in [5.74, 6) is 0.251. The number of amides is 2. The van der Waals surface area contributed by atoms with E-state index < -0.39 is 0 Å². The van der Waals surface area contributed by atoms with Gasteiger partial charge in [0.25, 0.3) is 0 Å². The summed E-state index contributed by atoms with van der Waals surface area (Å²) in [5.41, 5.74) is 7.21. The van der Waals surface area contributed by atoms with Crippen molar-refractivity contribution in [3.8, 4) is 0 Å². The molecule has 0 radical (unpaired) electrons. The van der Waals surface area contributed by atoms with Gasteiger partial charge in [0.05, 0.1) is 6.04 Å². The smallest absolute Gasteiger partial charge is 0.248 e. The molecule has 3 aliphatic rings. The van der Waals surface area contributed by atoms with Gasteiger partial charge in [0.15, 0.2) is 0 Å². The monoisotopic (exact) mass is 419 g/mol. The molecule has 0 aliphatic carbocycles. The molecule has 1 N–H and O–H groups in total. The van der Waals surface area contributed by atoms with Crippen molar-refractivity contribution >= 4 is 23.7 Å². The quantitative estimate of drug-likeness (QED) is 0.695. The third kappa shape index (κ3) is 5.04. The Kier molecular flexibility index (Phi) is 7.61. The summed E-state index contributed by atoms with van der Waals surface area (Å²) < 4.78 is 0. The maximum absolute atomic E-state index is 12.5. The SMILES string of the molecule is CC.Cc1ccc2c(c1)C1C3=NC(CCC3)C(=O)N1CC2.Cc1cccc(NC=O)c1. The molecule has 2 bridgehead atoms. The summed E-state index contributed by atoms with van der Waals surface area (Å²) >= 11 is 0. The molecular weight excluding hydrogens is 386 g/mol. The molecule has 31 heavy (non-hydrogen) atoms. The number of carbonyl (C=O) groups is 2. The largest absolute Gasteiger partial charge is 0.329 e. The Morgan fingerprint density at radius 3 is 2.58 bits per heavy atom. The van der Waals surface area contributed by atoms with Crippen molar-refractivity contribution < 1.29 is 9.59 Å². The first kappa shape index (κ1) is 22.7. The molecule has 5 heteroatoms. The van der Waals surface area contributed by atoms with Gasteiger partial charge >= 0.3 is 0 Å². The van der Waals surface area contributed by atoms with Crippen LogP contribution in [0.4, 0.5) is 5.69 Å². The van der Waals surface area contributed by atoms with E-state index in [4.69, 9.17) is 4.99 Å². The van der Waals surface area contributed by atoms with E-state index in [2.05, 4.69) is 35.3 Å². The summed E-state index contributed by atoms with van der Waals surface area (Å²) in [6.45, 7) is 8.96. The van der Waals surface area contributed by atoms with Crippen LogP contribution in [0, 0.1) is 13.8 Å². The van der Waals surface area contributed by atoms with Crippen molar-refractivity contribution in [3.63, 3.8) is 0 Å². The van der Waals surface area contributed by atoms with E-state index in [9.17, 15) is 9.59 Å². The molecule has 2 amide bonds. The van der Waals surface area contributed by atoms with Gasteiger partial charge in [0.2, 0.25) is 12.3 Å². The van der Waals surface area contributed by atoms with Crippen molar-refractivity contribution in [2.45, 2.75) is 65.5 Å². The average Bonchev–Trinajstić information content (AvgIpc) is 2.79. The topological polar surface area (TPSA) is 61.8 Å². The second-order valence-corrected chi connectivity index (χ2v) is 8.05. The summed E-state index contributed by atoms with van der Waals surface area (Å²) in [7, 11) is 0. The molecule has 0 saturated heterocycles. The molecule has 3 heterocycles. The second kappa shape index (κ2) is 10.4. The van der Waals surface area contributed by atoms with Crippen molar-refractivity contribution in [3.05, 3.63) is 64.7 Å². The van der Waals surface area contributed by atoms with Crippen LogP contribution in [0.1, 0.15) is 61.4 Å². The van der Waals surface area contributed by atoms with Gasteiger partial charge in [-0.1, -0.05) is 49.7 Å². The Labute approximate surface area is 185 Å². The highest BCUT2D eigenvalue weighted by molar-refractivity contribution is 6.01. The fraction of sp³-hybridized carbons (Fsp3) is 0.423. The fourth-order valence-electron chi connectivity index (χ4n) is 4.52. The number of rotatable bonds is 2. The van der Waals surface area contributed by atoms with Gasteiger partial charge in [-0.15, -0.1) is 0 Å². The summed E-state index contributed by atoms with van der Waals surface area (Å²) in [5, 5.41) is 2.57. The van der Waals surface area contributed by atoms with Crippen LogP contribution in [0.15, 0.2) is 47.5 Å². The highest BCUT2D eigenvalue weighted by atomic mass is 16.2. The van der Waals surface area contributed by atoms with Crippen LogP contribution in [0.3, 0.4) is 0 Å². The normalized spacial score (nSPS) is 20.6. The number of nitrogens with zero attached hydrogens (tertiary/aromatic N) is 2. The molecule has 2 atom stereocenters. The third-order valence-electron chi connectivity index (χ3n) is 5.89. The lowest BCUT2D eigenvalue weighted by Crippen LogP contribution is -2.52. The summed E-state index contributed by atoms with van der Waals surface area (Å²) in [6, 6.07) is 14.3. The minimum Gasteiger partial charge on any atom is -0.329 e. The lowest BCUT2D eigenvalue weighted by atomic mass is 9.82. The standard InChI is InChI=1S/C16H18N2O.C8H9NO.C2H6/c1-10-5-6-11-7-8-18-15(12(11)9-10)13-3-2-4-14(17-13)16(18)19;1-7-3-2-4-8(5-7)9-6-10;1-2/h5-6,9,14-15H,2-4,7-8H2,1H3;2-6H,1H3,(H,9,10);1-2H3. The van der Waals surface area contributed by atoms with Crippen molar-refractivity contribution in [2.75, 3.05) is 11.9 Å². The molecular formula is C26H33N3O2. The number of fused-ring (bicyclic) bond motifs is 5. The Bertz CT molecular complexity index is 967. The minimum absolute atomic E-state index is 0.0774. The lowest BCUT2D eigenvalue weighted by molar-refractivity contribution is -0.135. The number of nitrogens with one attached hydrogen (secondary N) is 1. The molecule has 5 rings (SSSR count). The third-order valence-corrected chi connectivity index (χ3v) is 5.89. The van der Waals surface area contributed by atoms with E-state index in [1.807, 2.05) is 45.0 Å². The predicted molar refractivity (Wildman–Crippen MR) is 127 cm³/mol. The molecule has 5 nitrogen and oxygen atoms in total. The van der Waals surface area contributed by atoms with Gasteiger partial charge in [0.1, 0.15) is 6.04 Å². The van der Waals surface area contributed by atoms with E-state index in [0.717, 1.165) is 43.5 Å². The van der Waals surface area contributed by atoms with E-state index >= 15 is 0 Å². The zero-order chi connectivity index (χ0) is 22.4. The molecule has 2 aromatic carbocycles. The van der Waals surface area contributed by atoms with E-state index in [-0.39, 0.29) is 18.0 Å². The Hall–Kier alpha value is -2.95. The summed E-state index contributed by atoms with van der Waals surface area (Å²) in [4.78, 5) is 29.2. The minimum atomic E-state index is -0.0774. The van der Waals surface area contributed by atoms with Gasteiger partial charge < -0.3 is 10.2 Å². The highest BCUT2D eigenvalue weighted by Crippen LogP contribution is 2.38. The van der Waals surface area contributed by atoms with Crippen LogP contribution in [-0.4, -0.2) is 35.5 Å². The molecule has 0 fully saturated rings. The first-order chi connectivity index (χ1) is 15.1. The van der Waals surface area contributed by atoms with E-state index in [1.54, 1.807) is 0 Å². The molecule has 0 spiro atoms. The first-order valence-electron chi connectivity index (χ1n) is 11.3. The zero-order valence-electron chi connectivity index (χ0n) is 19.0. The fourth-order valence-corrected chi connectivity index (χ4v) is 4.52. The molecule has 0 aromatic heterocycles. The van der Waals surface area contributed by atoms with Crippen LogP contribution in [0.5, 0.6) is 0 Å². The van der Waals surface area contributed by atoms with E-state index in [0.29, 0.717) is 6.41 Å². The van der Waals surface area contributed by atoms with Crippen molar-refractivity contribution in [2.24, 2.45) is 4.99 Å². The molecule has 3 aliphatic heterocycles. The van der Waals surface area contributed by atoms with Crippen molar-refractivity contribution in [1.29, 1.82) is 0 Å². The second-order valence-electron chi connectivity index (χ2n) is 8.05. The maximum Gasteiger partial charge on any atom is 0.248 e. The van der Waals surface area contributed by atoms with Gasteiger partial charge in [-0.3, -0.25) is 14.6 Å². The van der Waals surface area contributed by atoms with Crippen LogP contribution in [0.25, 0.3) is 0 Å². The van der Waals surface area contributed by atoms with Crippen LogP contribution in [-0.2, 0) is 16.0 Å². The van der Waals surface area contributed by atoms with Crippen LogP contribution < -0.4 is 5.32 Å². The van der Waals surface area contributed by atoms with Crippen LogP contribution >= 0.6 is 0 Å². The van der Waals surface area contributed by atoms with Gasteiger partial charge in [-0.2, -0.15) is 0 Å². The van der Waals surface area contributed by atoms with Crippen LogP contribution in [0.2, 0.25) is 0 Å². The number of benzene rings is 2. The molecule has 2 unspecified atom stereocenters. The predicted octanol–water partition coefficient (Wildman–Crippen LogP) is 5.02. The number of hydrogen-bond acceptors (Lipinski definition) is 3. The average molecular weight is 420 g/mol. The van der Waals surface area contributed by atoms with E-state index in [1.165, 1.54) is 22.4 Å². The number of carbonyl (C=O) groups excluding carboxylic acids is 2. The van der Waals surface area contributed by atoms with Gasteiger partial charge in [-0.05, 0) is 68.4 Å². The number of aryl methyl sites for hydroxylation is 2. The number of anilines is 1. The Morgan fingerprint density at radius 1 is 1.06 bits per heavy atom. The van der Waals surface area contributed by atoms with Gasteiger partial charge in [0, 0.05) is 17.9 Å². The molecule has 2 aromatic rings. The molecule has 0 saturated carbocycles. The first-order valence-corrected chi connectivity index (χ1v) is 11.3.